The average Bonchev–Trinajstić information content (AvgIpc) is 3.44. The predicted molar refractivity (Wildman–Crippen MR) is 145 cm³/mol. The van der Waals surface area contributed by atoms with E-state index in [9.17, 15) is 9.59 Å². The van der Waals surface area contributed by atoms with Crippen molar-refractivity contribution in [3.8, 4) is 11.3 Å². The van der Waals surface area contributed by atoms with Crippen molar-refractivity contribution in [2.75, 3.05) is 18.5 Å². The van der Waals surface area contributed by atoms with Crippen LogP contribution in [0, 0.1) is 13.8 Å². The van der Waals surface area contributed by atoms with Crippen LogP contribution in [0.1, 0.15) is 53.0 Å². The summed E-state index contributed by atoms with van der Waals surface area (Å²) >= 11 is 0. The molecule has 2 unspecified atom stereocenters. The highest BCUT2D eigenvalue weighted by Gasteiger charge is 2.22. The van der Waals surface area contributed by atoms with E-state index < -0.39 is 0 Å². The Kier molecular flexibility index (Phi) is 7.06. The molecule has 5 rings (SSSR count). The number of fused-ring (bicyclic) bond motifs is 1. The highest BCUT2D eigenvalue weighted by Crippen LogP contribution is 2.32. The van der Waals surface area contributed by atoms with Crippen LogP contribution in [0.5, 0.6) is 0 Å². The summed E-state index contributed by atoms with van der Waals surface area (Å²) < 4.78 is 12.0. The average molecular weight is 498 g/mol. The first-order valence-corrected chi connectivity index (χ1v) is 12.7. The molecule has 1 saturated heterocycles. The van der Waals surface area contributed by atoms with E-state index in [-0.39, 0.29) is 23.5 Å². The second-order valence-corrected chi connectivity index (χ2v) is 9.59. The molecule has 190 valence electrons. The van der Waals surface area contributed by atoms with E-state index in [1.54, 1.807) is 19.2 Å². The number of pyridine rings is 1. The lowest BCUT2D eigenvalue weighted by Gasteiger charge is -2.20. The van der Waals surface area contributed by atoms with Crippen molar-refractivity contribution < 1.29 is 13.9 Å². The van der Waals surface area contributed by atoms with Gasteiger partial charge in [-0.1, -0.05) is 36.4 Å². The second kappa shape index (κ2) is 10.6. The zero-order valence-corrected chi connectivity index (χ0v) is 21.3. The first kappa shape index (κ1) is 24.7. The molecule has 2 aromatic carbocycles. The van der Waals surface area contributed by atoms with Crippen molar-refractivity contribution in [1.29, 1.82) is 0 Å². The van der Waals surface area contributed by atoms with Gasteiger partial charge in [0, 0.05) is 36.0 Å². The summed E-state index contributed by atoms with van der Waals surface area (Å²) in [5.74, 6) is 0.305. The van der Waals surface area contributed by atoms with E-state index in [1.807, 2.05) is 62.4 Å². The number of amides is 1. The Bertz CT molecular complexity index is 1490. The Morgan fingerprint density at radius 2 is 1.95 bits per heavy atom. The van der Waals surface area contributed by atoms with Crippen LogP contribution in [-0.2, 0) is 4.74 Å². The number of nitrogens with one attached hydrogen (secondary N) is 2. The first-order valence-electron chi connectivity index (χ1n) is 12.7. The van der Waals surface area contributed by atoms with E-state index in [0.29, 0.717) is 40.2 Å². The third-order valence-corrected chi connectivity index (χ3v) is 6.80. The standard InChI is InChI=1S/C30H31N3O4/c1-18-15-23(29-24(16-18)27(34)19(2)28(37-29)21-9-5-4-6-10-21)20(3)33-25-12-7-13-31-26(25)30(35)32-17-22-11-8-14-36-22/h4-7,9-10,12-13,15-16,20,22,33H,8,11,14,17H2,1-3H3,(H,32,35). The van der Waals surface area contributed by atoms with Crippen LogP contribution < -0.4 is 16.1 Å². The summed E-state index contributed by atoms with van der Waals surface area (Å²) in [6.07, 6.45) is 3.61. The molecule has 1 amide bonds. The van der Waals surface area contributed by atoms with Crippen molar-refractivity contribution >= 4 is 22.6 Å². The molecule has 7 nitrogen and oxygen atoms in total. The molecule has 0 bridgehead atoms. The van der Waals surface area contributed by atoms with E-state index in [4.69, 9.17) is 9.15 Å². The molecular weight excluding hydrogens is 466 g/mol. The van der Waals surface area contributed by atoms with Crippen LogP contribution >= 0.6 is 0 Å². The van der Waals surface area contributed by atoms with Crippen LogP contribution in [0.25, 0.3) is 22.3 Å². The summed E-state index contributed by atoms with van der Waals surface area (Å²) in [5.41, 5.74) is 4.62. The second-order valence-electron chi connectivity index (χ2n) is 9.59. The van der Waals surface area contributed by atoms with Crippen LogP contribution in [-0.4, -0.2) is 30.1 Å². The number of aromatic nitrogens is 1. The van der Waals surface area contributed by atoms with Crippen LogP contribution in [0.2, 0.25) is 0 Å². The quantitative estimate of drug-likeness (QED) is 0.348. The van der Waals surface area contributed by atoms with Gasteiger partial charge in [-0.05, 0) is 57.4 Å². The Hall–Kier alpha value is -3.97. The van der Waals surface area contributed by atoms with Crippen molar-refractivity contribution in [2.24, 2.45) is 0 Å². The molecule has 1 aliphatic rings. The monoisotopic (exact) mass is 497 g/mol. The number of hydrogen-bond acceptors (Lipinski definition) is 6. The van der Waals surface area contributed by atoms with Gasteiger partial charge >= 0.3 is 0 Å². The number of anilines is 1. The summed E-state index contributed by atoms with van der Waals surface area (Å²) in [5, 5.41) is 6.92. The molecule has 1 aliphatic heterocycles. The number of carbonyl (C=O) groups excluding carboxylic acids is 1. The van der Waals surface area contributed by atoms with Gasteiger partial charge in [-0.2, -0.15) is 0 Å². The normalized spacial score (nSPS) is 16.0. The molecule has 3 heterocycles. The van der Waals surface area contributed by atoms with Crippen LogP contribution in [0.3, 0.4) is 0 Å². The molecule has 37 heavy (non-hydrogen) atoms. The Labute approximate surface area is 215 Å². The number of benzene rings is 2. The summed E-state index contributed by atoms with van der Waals surface area (Å²) in [6, 6.07) is 16.9. The smallest absolute Gasteiger partial charge is 0.272 e. The zero-order chi connectivity index (χ0) is 25.9. The van der Waals surface area contributed by atoms with E-state index in [2.05, 4.69) is 15.6 Å². The highest BCUT2D eigenvalue weighted by molar-refractivity contribution is 5.97. The lowest BCUT2D eigenvalue weighted by atomic mass is 9.98. The van der Waals surface area contributed by atoms with Gasteiger partial charge in [0.1, 0.15) is 11.3 Å². The molecule has 2 aromatic heterocycles. The molecule has 2 N–H and O–H groups in total. The number of hydrogen-bond donors (Lipinski definition) is 2. The van der Waals surface area contributed by atoms with Crippen LogP contribution in [0.15, 0.2) is 70.0 Å². The van der Waals surface area contributed by atoms with Gasteiger partial charge in [0.2, 0.25) is 0 Å². The van der Waals surface area contributed by atoms with Gasteiger partial charge < -0.3 is 19.8 Å². The van der Waals surface area contributed by atoms with Gasteiger partial charge in [-0.15, -0.1) is 0 Å². The summed E-state index contributed by atoms with van der Waals surface area (Å²) in [4.78, 5) is 30.7. The third-order valence-electron chi connectivity index (χ3n) is 6.80. The summed E-state index contributed by atoms with van der Waals surface area (Å²) in [6.45, 7) is 6.94. The fraction of sp³-hybridized carbons (Fsp3) is 0.300. The molecule has 0 saturated carbocycles. The van der Waals surface area contributed by atoms with Gasteiger partial charge in [0.05, 0.1) is 23.2 Å². The lowest BCUT2D eigenvalue weighted by Crippen LogP contribution is -2.32. The molecule has 0 aliphatic carbocycles. The number of rotatable bonds is 7. The van der Waals surface area contributed by atoms with Gasteiger partial charge in [0.15, 0.2) is 11.1 Å². The third kappa shape index (κ3) is 5.13. The number of nitrogens with zero attached hydrogens (tertiary/aromatic N) is 1. The van der Waals surface area contributed by atoms with E-state index in [0.717, 1.165) is 36.1 Å². The maximum absolute atomic E-state index is 13.4. The minimum absolute atomic E-state index is 0.0480. The van der Waals surface area contributed by atoms with Crippen molar-refractivity contribution in [3.63, 3.8) is 0 Å². The lowest BCUT2D eigenvalue weighted by molar-refractivity contribution is 0.0854. The van der Waals surface area contributed by atoms with Crippen LogP contribution in [0.4, 0.5) is 5.69 Å². The van der Waals surface area contributed by atoms with Gasteiger partial charge in [-0.3, -0.25) is 9.59 Å². The maximum atomic E-state index is 13.4. The zero-order valence-electron chi connectivity index (χ0n) is 21.3. The predicted octanol–water partition coefficient (Wildman–Crippen LogP) is 5.55. The molecular formula is C30H31N3O4. The van der Waals surface area contributed by atoms with Gasteiger partial charge in [0.25, 0.3) is 5.91 Å². The van der Waals surface area contributed by atoms with Crippen molar-refractivity contribution in [1.82, 2.24) is 10.3 Å². The fourth-order valence-electron chi connectivity index (χ4n) is 4.86. The first-order chi connectivity index (χ1) is 17.9. The molecule has 7 heteroatoms. The van der Waals surface area contributed by atoms with E-state index in [1.165, 1.54) is 0 Å². The minimum Gasteiger partial charge on any atom is -0.455 e. The molecule has 0 radical (unpaired) electrons. The topological polar surface area (TPSA) is 93.5 Å². The van der Waals surface area contributed by atoms with E-state index >= 15 is 0 Å². The molecule has 1 fully saturated rings. The number of carbonyl (C=O) groups is 1. The number of aryl methyl sites for hydroxylation is 1. The highest BCUT2D eigenvalue weighted by atomic mass is 16.5. The molecule has 2 atom stereocenters. The number of ether oxygens (including phenoxy) is 1. The SMILES string of the molecule is Cc1cc(C(C)Nc2cccnc2C(=O)NCC2CCCO2)c2oc(-c3ccccc3)c(C)c(=O)c2c1. The Balaban J connectivity index is 1.49. The molecule has 0 spiro atoms. The fourth-order valence-corrected chi connectivity index (χ4v) is 4.86. The largest absolute Gasteiger partial charge is 0.455 e. The molecule has 4 aromatic rings. The van der Waals surface area contributed by atoms with Crippen molar-refractivity contribution in [3.05, 3.63) is 93.4 Å². The summed E-state index contributed by atoms with van der Waals surface area (Å²) in [7, 11) is 0. The van der Waals surface area contributed by atoms with Crippen molar-refractivity contribution in [2.45, 2.75) is 45.8 Å². The van der Waals surface area contributed by atoms with Gasteiger partial charge in [-0.25, -0.2) is 4.98 Å². The maximum Gasteiger partial charge on any atom is 0.272 e. The Morgan fingerprint density at radius 3 is 2.70 bits per heavy atom. The minimum atomic E-state index is -0.272. The Morgan fingerprint density at radius 1 is 1.14 bits per heavy atom.